The van der Waals surface area contributed by atoms with Crippen molar-refractivity contribution in [2.24, 2.45) is 0 Å². The van der Waals surface area contributed by atoms with Gasteiger partial charge in [-0.05, 0) is 72.2 Å². The van der Waals surface area contributed by atoms with E-state index in [1.54, 1.807) is 12.1 Å². The van der Waals surface area contributed by atoms with Gasteiger partial charge in [-0.15, -0.1) is 0 Å². The first-order chi connectivity index (χ1) is 12.0. The summed E-state index contributed by atoms with van der Waals surface area (Å²) < 4.78 is 5.87. The SMILES string of the molecule is CN1CCCc2cc(C(CNC(=O)c3ccc(Br)o3)N(C)C)ccc21. The number of anilines is 1. The van der Waals surface area contributed by atoms with Crippen LogP contribution >= 0.6 is 15.9 Å². The number of benzene rings is 1. The van der Waals surface area contributed by atoms with Crippen molar-refractivity contribution in [3.05, 3.63) is 51.9 Å². The van der Waals surface area contributed by atoms with Crippen molar-refractivity contribution in [1.29, 1.82) is 0 Å². The molecule has 0 radical (unpaired) electrons. The van der Waals surface area contributed by atoms with Gasteiger partial charge in [-0.25, -0.2) is 0 Å². The molecule has 1 aromatic heterocycles. The predicted octanol–water partition coefficient (Wildman–Crippen LogP) is 3.46. The molecule has 1 aliphatic heterocycles. The topological polar surface area (TPSA) is 48.7 Å². The molecule has 1 unspecified atom stereocenters. The van der Waals surface area contributed by atoms with Gasteiger partial charge in [-0.3, -0.25) is 4.79 Å². The number of likely N-dealkylation sites (N-methyl/N-ethyl adjacent to an activating group) is 1. The van der Waals surface area contributed by atoms with E-state index in [2.05, 4.69) is 56.3 Å². The molecule has 1 atom stereocenters. The molecule has 134 valence electrons. The largest absolute Gasteiger partial charge is 0.444 e. The monoisotopic (exact) mass is 405 g/mol. The van der Waals surface area contributed by atoms with Gasteiger partial charge in [0, 0.05) is 25.8 Å². The molecule has 0 spiro atoms. The molecular weight excluding hydrogens is 382 g/mol. The van der Waals surface area contributed by atoms with E-state index in [4.69, 9.17) is 4.42 Å². The number of nitrogens with zero attached hydrogens (tertiary/aromatic N) is 2. The van der Waals surface area contributed by atoms with Crippen molar-refractivity contribution in [3.8, 4) is 0 Å². The van der Waals surface area contributed by atoms with Gasteiger partial charge in [0.05, 0.1) is 6.04 Å². The molecule has 1 N–H and O–H groups in total. The Balaban J connectivity index is 1.74. The first kappa shape index (κ1) is 18.0. The third-order valence-corrected chi connectivity index (χ3v) is 5.14. The predicted molar refractivity (Wildman–Crippen MR) is 103 cm³/mol. The van der Waals surface area contributed by atoms with E-state index in [9.17, 15) is 4.79 Å². The first-order valence-corrected chi connectivity index (χ1v) is 9.29. The minimum absolute atomic E-state index is 0.111. The summed E-state index contributed by atoms with van der Waals surface area (Å²) in [4.78, 5) is 16.7. The highest BCUT2D eigenvalue weighted by molar-refractivity contribution is 9.10. The fraction of sp³-hybridized carbons (Fsp3) is 0.421. The quantitative estimate of drug-likeness (QED) is 0.827. The van der Waals surface area contributed by atoms with Crippen LogP contribution in [0.15, 0.2) is 39.4 Å². The normalized spacial score (nSPS) is 15.2. The molecule has 1 amide bonds. The maximum atomic E-state index is 12.2. The third-order valence-electron chi connectivity index (χ3n) is 4.72. The molecule has 5 nitrogen and oxygen atoms in total. The van der Waals surface area contributed by atoms with Gasteiger partial charge >= 0.3 is 0 Å². The van der Waals surface area contributed by atoms with Crippen molar-refractivity contribution in [1.82, 2.24) is 10.2 Å². The Bertz CT molecular complexity index is 757. The maximum Gasteiger partial charge on any atom is 0.287 e. The number of hydrogen-bond acceptors (Lipinski definition) is 4. The number of fused-ring (bicyclic) bond motifs is 1. The van der Waals surface area contributed by atoms with Crippen LogP contribution in [0.3, 0.4) is 0 Å². The number of hydrogen-bond donors (Lipinski definition) is 1. The van der Waals surface area contributed by atoms with Crippen molar-refractivity contribution in [3.63, 3.8) is 0 Å². The molecule has 1 aliphatic rings. The average Bonchev–Trinajstić information content (AvgIpc) is 3.01. The van der Waals surface area contributed by atoms with Crippen LogP contribution in [0.4, 0.5) is 5.69 Å². The molecular formula is C19H24BrN3O2. The summed E-state index contributed by atoms with van der Waals surface area (Å²) in [7, 11) is 6.21. The zero-order valence-corrected chi connectivity index (χ0v) is 16.5. The molecule has 0 aliphatic carbocycles. The van der Waals surface area contributed by atoms with Crippen LogP contribution in [0.1, 0.15) is 34.1 Å². The number of furan rings is 1. The van der Waals surface area contributed by atoms with E-state index in [1.165, 1.54) is 23.2 Å². The summed E-state index contributed by atoms with van der Waals surface area (Å²) in [5.41, 5.74) is 3.93. The minimum Gasteiger partial charge on any atom is -0.444 e. The molecule has 0 saturated heterocycles. The van der Waals surface area contributed by atoms with Crippen LogP contribution in [0.5, 0.6) is 0 Å². The second-order valence-corrected chi connectivity index (χ2v) is 7.49. The molecule has 0 bridgehead atoms. The van der Waals surface area contributed by atoms with Crippen molar-refractivity contribution in [2.75, 3.05) is 39.1 Å². The van der Waals surface area contributed by atoms with E-state index in [0.717, 1.165) is 13.0 Å². The van der Waals surface area contributed by atoms with Gasteiger partial charge in [0.1, 0.15) is 0 Å². The number of rotatable bonds is 5. The summed E-state index contributed by atoms with van der Waals surface area (Å²) in [6, 6.07) is 10.1. The molecule has 0 saturated carbocycles. The molecule has 1 aromatic carbocycles. The number of carbonyl (C=O) groups excluding carboxylic acids is 1. The first-order valence-electron chi connectivity index (χ1n) is 8.49. The van der Waals surface area contributed by atoms with Gasteiger partial charge in [0.2, 0.25) is 0 Å². The van der Waals surface area contributed by atoms with Crippen LogP contribution in [-0.4, -0.2) is 45.0 Å². The Morgan fingerprint density at radius 2 is 2.16 bits per heavy atom. The summed E-state index contributed by atoms with van der Waals surface area (Å²) in [6.45, 7) is 1.64. The summed E-state index contributed by atoms with van der Waals surface area (Å²) in [5.74, 6) is 0.117. The Morgan fingerprint density at radius 3 is 2.84 bits per heavy atom. The maximum absolute atomic E-state index is 12.2. The van der Waals surface area contributed by atoms with Gasteiger partial charge in [0.15, 0.2) is 10.4 Å². The number of carbonyl (C=O) groups is 1. The number of nitrogens with one attached hydrogen (secondary N) is 1. The average molecular weight is 406 g/mol. The summed E-state index contributed by atoms with van der Waals surface area (Å²) >= 11 is 3.22. The van der Waals surface area contributed by atoms with Crippen molar-refractivity contribution >= 4 is 27.5 Å². The molecule has 3 rings (SSSR count). The Morgan fingerprint density at radius 1 is 1.36 bits per heavy atom. The number of aryl methyl sites for hydroxylation is 1. The zero-order valence-electron chi connectivity index (χ0n) is 14.9. The highest BCUT2D eigenvalue weighted by Gasteiger charge is 2.20. The second-order valence-electron chi connectivity index (χ2n) is 6.71. The summed E-state index contributed by atoms with van der Waals surface area (Å²) in [6.07, 6.45) is 2.30. The molecule has 2 heterocycles. The van der Waals surface area contributed by atoms with E-state index in [1.807, 2.05) is 14.1 Å². The molecule has 2 aromatic rings. The van der Waals surface area contributed by atoms with Gasteiger partial charge in [0.25, 0.3) is 5.91 Å². The number of amides is 1. The summed E-state index contributed by atoms with van der Waals surface area (Å²) in [5, 5.41) is 2.98. The smallest absolute Gasteiger partial charge is 0.287 e. The molecule has 25 heavy (non-hydrogen) atoms. The molecule has 0 fully saturated rings. The van der Waals surface area contributed by atoms with Gasteiger partial charge < -0.3 is 19.5 Å². The number of halogens is 1. The van der Waals surface area contributed by atoms with E-state index in [-0.39, 0.29) is 11.9 Å². The lowest BCUT2D eigenvalue weighted by molar-refractivity contribution is 0.0913. The van der Waals surface area contributed by atoms with E-state index in [0.29, 0.717) is 17.0 Å². The highest BCUT2D eigenvalue weighted by atomic mass is 79.9. The standard InChI is InChI=1S/C19H24BrN3O2/c1-22(2)16(12-21-19(24)17-8-9-18(20)25-17)14-6-7-15-13(11-14)5-4-10-23(15)3/h6-9,11,16H,4-5,10,12H2,1-3H3,(H,21,24). The fourth-order valence-corrected chi connectivity index (χ4v) is 3.63. The van der Waals surface area contributed by atoms with Crippen LogP contribution in [-0.2, 0) is 6.42 Å². The minimum atomic E-state index is -0.199. The molecule has 6 heteroatoms. The Labute approximate surface area is 157 Å². The Hall–Kier alpha value is -1.79. The lowest BCUT2D eigenvalue weighted by atomic mass is 9.96. The fourth-order valence-electron chi connectivity index (χ4n) is 3.32. The third kappa shape index (κ3) is 4.07. The lowest BCUT2D eigenvalue weighted by Gasteiger charge is -2.30. The van der Waals surface area contributed by atoms with Crippen LogP contribution in [0, 0.1) is 0 Å². The van der Waals surface area contributed by atoms with Gasteiger partial charge in [-0.1, -0.05) is 12.1 Å². The van der Waals surface area contributed by atoms with Gasteiger partial charge in [-0.2, -0.15) is 0 Å². The van der Waals surface area contributed by atoms with Crippen molar-refractivity contribution in [2.45, 2.75) is 18.9 Å². The Kier molecular flexibility index (Phi) is 5.49. The lowest BCUT2D eigenvalue weighted by Crippen LogP contribution is -2.34. The van der Waals surface area contributed by atoms with Crippen LogP contribution in [0.25, 0.3) is 0 Å². The van der Waals surface area contributed by atoms with E-state index >= 15 is 0 Å². The van der Waals surface area contributed by atoms with Crippen LogP contribution in [0.2, 0.25) is 0 Å². The van der Waals surface area contributed by atoms with E-state index < -0.39 is 0 Å². The van der Waals surface area contributed by atoms with Crippen LogP contribution < -0.4 is 10.2 Å². The second kappa shape index (κ2) is 7.62. The van der Waals surface area contributed by atoms with Crippen molar-refractivity contribution < 1.29 is 9.21 Å². The zero-order chi connectivity index (χ0) is 18.0. The highest BCUT2D eigenvalue weighted by Crippen LogP contribution is 2.30.